The van der Waals surface area contributed by atoms with Crippen molar-refractivity contribution >= 4 is 32.3 Å². The summed E-state index contributed by atoms with van der Waals surface area (Å²) in [5, 5.41) is 3.70. The molecule has 3 aromatic carbocycles. The van der Waals surface area contributed by atoms with Crippen LogP contribution in [0.5, 0.6) is 0 Å². The minimum Gasteiger partial charge on any atom is -0.261 e. The van der Waals surface area contributed by atoms with Gasteiger partial charge in [0, 0.05) is 23.7 Å². The molecule has 5 rings (SSSR count). The molecule has 0 saturated carbocycles. The SMILES string of the molecule is Cc1nccc2ccccc12.c1ccc(Cc2nc3ccccc3s2)cc1. The molecule has 0 N–H and O–H groups in total. The molecule has 2 heterocycles. The monoisotopic (exact) mass is 368 g/mol. The Labute approximate surface area is 163 Å². The number of para-hydroxylation sites is 1. The maximum atomic E-state index is 4.63. The molecule has 0 bridgehead atoms. The van der Waals surface area contributed by atoms with Crippen LogP contribution in [0.4, 0.5) is 0 Å². The number of fused-ring (bicyclic) bond motifs is 2. The third kappa shape index (κ3) is 4.21. The Morgan fingerprint density at radius 3 is 2.33 bits per heavy atom. The molecule has 0 radical (unpaired) electrons. The topological polar surface area (TPSA) is 25.8 Å². The lowest BCUT2D eigenvalue weighted by atomic mass is 10.1. The van der Waals surface area contributed by atoms with E-state index in [0.717, 1.165) is 17.6 Å². The number of nitrogens with zero attached hydrogens (tertiary/aromatic N) is 2. The number of aromatic nitrogens is 2. The van der Waals surface area contributed by atoms with E-state index in [1.54, 1.807) is 11.3 Å². The molecule has 0 atom stereocenters. The Morgan fingerprint density at radius 2 is 1.52 bits per heavy atom. The quantitative estimate of drug-likeness (QED) is 0.359. The highest BCUT2D eigenvalue weighted by molar-refractivity contribution is 7.18. The number of pyridine rings is 1. The molecule has 132 valence electrons. The molecule has 2 nitrogen and oxygen atoms in total. The van der Waals surface area contributed by atoms with Crippen molar-refractivity contribution in [1.29, 1.82) is 0 Å². The largest absolute Gasteiger partial charge is 0.261 e. The van der Waals surface area contributed by atoms with Crippen molar-refractivity contribution in [2.24, 2.45) is 0 Å². The Balaban J connectivity index is 0.000000143. The fourth-order valence-corrected chi connectivity index (χ4v) is 4.04. The lowest BCUT2D eigenvalue weighted by molar-refractivity contribution is 1.16. The van der Waals surface area contributed by atoms with Gasteiger partial charge in [-0.3, -0.25) is 4.98 Å². The van der Waals surface area contributed by atoms with E-state index in [2.05, 4.69) is 64.6 Å². The molecule has 0 aliphatic rings. The number of thiazole rings is 1. The summed E-state index contributed by atoms with van der Waals surface area (Å²) < 4.78 is 1.27. The zero-order valence-electron chi connectivity index (χ0n) is 15.2. The molecule has 0 aliphatic carbocycles. The molecule has 0 spiro atoms. The van der Waals surface area contributed by atoms with Gasteiger partial charge >= 0.3 is 0 Å². The Morgan fingerprint density at radius 1 is 0.778 bits per heavy atom. The van der Waals surface area contributed by atoms with E-state index in [-0.39, 0.29) is 0 Å². The zero-order chi connectivity index (χ0) is 18.5. The summed E-state index contributed by atoms with van der Waals surface area (Å²) in [5.74, 6) is 0. The van der Waals surface area contributed by atoms with Crippen LogP contribution in [-0.4, -0.2) is 9.97 Å². The summed E-state index contributed by atoms with van der Waals surface area (Å²) >= 11 is 1.78. The average molecular weight is 369 g/mol. The first-order valence-corrected chi connectivity index (χ1v) is 9.80. The van der Waals surface area contributed by atoms with Gasteiger partial charge in [0.05, 0.1) is 15.2 Å². The van der Waals surface area contributed by atoms with Crippen molar-refractivity contribution in [1.82, 2.24) is 9.97 Å². The summed E-state index contributed by atoms with van der Waals surface area (Å²) in [7, 11) is 0. The maximum Gasteiger partial charge on any atom is 0.0982 e. The van der Waals surface area contributed by atoms with E-state index in [1.807, 2.05) is 43.5 Å². The van der Waals surface area contributed by atoms with Gasteiger partial charge in [0.25, 0.3) is 0 Å². The van der Waals surface area contributed by atoms with E-state index >= 15 is 0 Å². The van der Waals surface area contributed by atoms with Gasteiger partial charge in [-0.1, -0.05) is 66.7 Å². The summed E-state index contributed by atoms with van der Waals surface area (Å²) in [6.07, 6.45) is 2.78. The Bertz CT molecular complexity index is 1120. The lowest BCUT2D eigenvalue weighted by Crippen LogP contribution is -1.85. The van der Waals surface area contributed by atoms with Crippen molar-refractivity contribution in [2.75, 3.05) is 0 Å². The van der Waals surface area contributed by atoms with Crippen molar-refractivity contribution in [3.8, 4) is 0 Å². The summed E-state index contributed by atoms with van der Waals surface area (Å²) in [6, 6.07) is 29.1. The smallest absolute Gasteiger partial charge is 0.0982 e. The molecule has 0 saturated heterocycles. The minimum absolute atomic E-state index is 0.931. The molecule has 0 aliphatic heterocycles. The highest BCUT2D eigenvalue weighted by Gasteiger charge is 2.03. The van der Waals surface area contributed by atoms with Gasteiger partial charge in [0.15, 0.2) is 0 Å². The standard InChI is InChI=1S/C14H11NS.C10H9N/c1-2-6-11(7-3-1)10-14-15-12-8-4-5-9-13(12)16-14;1-8-10-5-3-2-4-9(10)6-7-11-8/h1-9H,10H2;2-7H,1H3. The highest BCUT2D eigenvalue weighted by atomic mass is 32.1. The van der Waals surface area contributed by atoms with Gasteiger partial charge in [-0.2, -0.15) is 0 Å². The normalized spacial score (nSPS) is 10.6. The third-order valence-electron chi connectivity index (χ3n) is 4.41. The van der Waals surface area contributed by atoms with Crippen molar-refractivity contribution in [3.05, 3.63) is 107 Å². The first-order chi connectivity index (χ1) is 13.3. The van der Waals surface area contributed by atoms with E-state index in [1.165, 1.54) is 26.0 Å². The number of aryl methyl sites for hydroxylation is 1. The summed E-state index contributed by atoms with van der Waals surface area (Å²) in [4.78, 5) is 8.83. The van der Waals surface area contributed by atoms with Crippen LogP contribution in [0.2, 0.25) is 0 Å². The fourth-order valence-electron chi connectivity index (χ4n) is 3.04. The van der Waals surface area contributed by atoms with E-state index in [0.29, 0.717) is 0 Å². The molecule has 3 heteroatoms. The predicted octanol–water partition coefficient (Wildman–Crippen LogP) is 6.43. The molecule has 0 fully saturated rings. The van der Waals surface area contributed by atoms with Gasteiger partial charge < -0.3 is 0 Å². The van der Waals surface area contributed by atoms with E-state index < -0.39 is 0 Å². The molecular weight excluding hydrogens is 348 g/mol. The van der Waals surface area contributed by atoms with Gasteiger partial charge in [0.1, 0.15) is 0 Å². The molecule has 0 amide bonds. The third-order valence-corrected chi connectivity index (χ3v) is 5.45. The van der Waals surface area contributed by atoms with Crippen LogP contribution < -0.4 is 0 Å². The second-order valence-corrected chi connectivity index (χ2v) is 7.47. The molecule has 27 heavy (non-hydrogen) atoms. The second-order valence-electron chi connectivity index (χ2n) is 6.36. The van der Waals surface area contributed by atoms with Gasteiger partial charge in [-0.15, -0.1) is 11.3 Å². The molecule has 2 aromatic heterocycles. The van der Waals surface area contributed by atoms with Crippen LogP contribution in [0, 0.1) is 6.92 Å². The van der Waals surface area contributed by atoms with Crippen LogP contribution in [0.25, 0.3) is 21.0 Å². The Kier molecular flexibility index (Phi) is 5.22. The first-order valence-electron chi connectivity index (χ1n) is 8.98. The second kappa shape index (κ2) is 8.11. The van der Waals surface area contributed by atoms with Crippen LogP contribution in [-0.2, 0) is 6.42 Å². The fraction of sp³-hybridized carbons (Fsp3) is 0.0833. The van der Waals surface area contributed by atoms with Crippen LogP contribution >= 0.6 is 11.3 Å². The number of hydrogen-bond acceptors (Lipinski definition) is 3. The van der Waals surface area contributed by atoms with Crippen molar-refractivity contribution in [2.45, 2.75) is 13.3 Å². The van der Waals surface area contributed by atoms with Crippen LogP contribution in [0.3, 0.4) is 0 Å². The molecule has 5 aromatic rings. The molecular formula is C24H20N2S. The number of benzene rings is 3. The van der Waals surface area contributed by atoms with Crippen molar-refractivity contribution in [3.63, 3.8) is 0 Å². The highest BCUT2D eigenvalue weighted by Crippen LogP contribution is 2.23. The Hall–Kier alpha value is -3.04. The summed E-state index contributed by atoms with van der Waals surface area (Å²) in [6.45, 7) is 2.03. The predicted molar refractivity (Wildman–Crippen MR) is 115 cm³/mol. The zero-order valence-corrected chi connectivity index (χ0v) is 16.0. The van der Waals surface area contributed by atoms with Gasteiger partial charge in [0.2, 0.25) is 0 Å². The maximum absolute atomic E-state index is 4.63. The minimum atomic E-state index is 0.931. The number of rotatable bonds is 2. The van der Waals surface area contributed by atoms with Gasteiger partial charge in [-0.05, 0) is 36.1 Å². The van der Waals surface area contributed by atoms with E-state index in [4.69, 9.17) is 0 Å². The van der Waals surface area contributed by atoms with Gasteiger partial charge in [-0.25, -0.2) is 4.98 Å². The average Bonchev–Trinajstić information content (AvgIpc) is 3.12. The summed E-state index contributed by atoms with van der Waals surface area (Å²) in [5.41, 5.74) is 3.53. The van der Waals surface area contributed by atoms with Crippen LogP contribution in [0.15, 0.2) is 91.1 Å². The van der Waals surface area contributed by atoms with Crippen LogP contribution in [0.1, 0.15) is 16.3 Å². The molecule has 0 unspecified atom stereocenters. The lowest BCUT2D eigenvalue weighted by Gasteiger charge is -1.97. The van der Waals surface area contributed by atoms with E-state index in [9.17, 15) is 0 Å². The van der Waals surface area contributed by atoms with Crippen molar-refractivity contribution < 1.29 is 0 Å². The number of hydrogen-bond donors (Lipinski definition) is 0. The first kappa shape index (κ1) is 17.4.